The number of ether oxygens (including phenoxy) is 2. The van der Waals surface area contributed by atoms with E-state index in [1.54, 1.807) is 36.4 Å². The maximum atomic E-state index is 13.4. The number of hydrogen-bond acceptors (Lipinski definition) is 5. The second-order valence-corrected chi connectivity index (χ2v) is 10.7. The van der Waals surface area contributed by atoms with Crippen molar-refractivity contribution in [3.05, 3.63) is 89.8 Å². The molecular formula is C26H18Br2Cl2N2O4S. The Morgan fingerprint density at radius 2 is 1.78 bits per heavy atom. The van der Waals surface area contributed by atoms with Crippen molar-refractivity contribution in [1.82, 2.24) is 5.32 Å². The number of hydrogen-bond donors (Lipinski definition) is 1. The lowest BCUT2D eigenvalue weighted by atomic mass is 10.1. The van der Waals surface area contributed by atoms with Gasteiger partial charge in [-0.1, -0.05) is 47.5 Å². The smallest absolute Gasteiger partial charge is 0.270 e. The van der Waals surface area contributed by atoms with Gasteiger partial charge in [-0.05, 0) is 98.0 Å². The van der Waals surface area contributed by atoms with E-state index in [4.69, 9.17) is 44.9 Å². The highest BCUT2D eigenvalue weighted by molar-refractivity contribution is 9.13. The molecule has 1 N–H and O–H groups in total. The zero-order chi connectivity index (χ0) is 26.9. The molecule has 3 aromatic rings. The molecule has 6 nitrogen and oxygen atoms in total. The van der Waals surface area contributed by atoms with Crippen molar-refractivity contribution in [2.75, 3.05) is 12.0 Å². The molecule has 1 saturated heterocycles. The first-order valence-corrected chi connectivity index (χ1v) is 13.5. The molecule has 0 aliphatic carbocycles. The van der Waals surface area contributed by atoms with Gasteiger partial charge in [-0.25, -0.2) is 0 Å². The maximum absolute atomic E-state index is 13.4. The Morgan fingerprint density at radius 1 is 1.05 bits per heavy atom. The standard InChI is InChI=1S/C26H18Br2Cl2N2O4S/c1-13-5-3-4-6-19(13)32-25(34)16(24(33)31-26(32)37)10-15-11-20(35-2)23(22(28)21(15)27)36-12-14-7-8-17(29)18(30)9-14/h3-11H,12H2,1-2H3,(H,31,33,37)/b16-10+. The van der Waals surface area contributed by atoms with Crippen molar-refractivity contribution in [2.45, 2.75) is 13.5 Å². The van der Waals surface area contributed by atoms with Gasteiger partial charge in [0.15, 0.2) is 16.6 Å². The molecule has 1 aliphatic heterocycles. The average Bonchev–Trinajstić information content (AvgIpc) is 2.86. The molecule has 2 amide bonds. The van der Waals surface area contributed by atoms with E-state index in [2.05, 4.69) is 37.2 Å². The van der Waals surface area contributed by atoms with Crippen molar-refractivity contribution in [3.8, 4) is 11.5 Å². The Hall–Kier alpha value is -2.43. The van der Waals surface area contributed by atoms with Crippen molar-refractivity contribution in [1.29, 1.82) is 0 Å². The second kappa shape index (κ2) is 11.5. The number of para-hydroxylation sites is 1. The zero-order valence-electron chi connectivity index (χ0n) is 19.4. The molecule has 0 atom stereocenters. The minimum absolute atomic E-state index is 0.0188. The Kier molecular flexibility index (Phi) is 8.60. The van der Waals surface area contributed by atoms with Crippen LogP contribution >= 0.6 is 67.3 Å². The van der Waals surface area contributed by atoms with Crippen LogP contribution in [-0.2, 0) is 16.2 Å². The van der Waals surface area contributed by atoms with Crippen molar-refractivity contribution in [2.24, 2.45) is 0 Å². The van der Waals surface area contributed by atoms with Gasteiger partial charge in [0.25, 0.3) is 11.8 Å². The zero-order valence-corrected chi connectivity index (χ0v) is 24.9. The molecule has 0 bridgehead atoms. The van der Waals surface area contributed by atoms with Crippen molar-refractivity contribution >= 4 is 96.0 Å². The number of amides is 2. The van der Waals surface area contributed by atoms with Crippen LogP contribution in [0.4, 0.5) is 5.69 Å². The molecular weight excluding hydrogens is 667 g/mol. The first-order valence-electron chi connectivity index (χ1n) is 10.7. The third-order valence-corrected chi connectivity index (χ3v) is 8.67. The molecule has 1 heterocycles. The average molecular weight is 685 g/mol. The Morgan fingerprint density at radius 3 is 2.46 bits per heavy atom. The Bertz CT molecular complexity index is 1480. The van der Waals surface area contributed by atoms with Gasteiger partial charge in [0.05, 0.1) is 27.3 Å². The number of methoxy groups -OCH3 is 1. The summed E-state index contributed by atoms with van der Waals surface area (Å²) in [5.74, 6) is -0.326. The number of carbonyl (C=O) groups excluding carboxylic acids is 2. The van der Waals surface area contributed by atoms with Crippen LogP contribution in [0, 0.1) is 6.92 Å². The van der Waals surface area contributed by atoms with Crippen LogP contribution < -0.4 is 19.7 Å². The molecule has 4 rings (SSSR count). The third-order valence-electron chi connectivity index (χ3n) is 5.50. The number of aryl methyl sites for hydroxylation is 1. The summed E-state index contributed by atoms with van der Waals surface area (Å²) >= 11 is 24.5. The summed E-state index contributed by atoms with van der Waals surface area (Å²) in [5.41, 5.74) is 2.66. The topological polar surface area (TPSA) is 67.9 Å². The first-order chi connectivity index (χ1) is 17.6. The highest BCUT2D eigenvalue weighted by Gasteiger charge is 2.35. The fourth-order valence-corrected chi connectivity index (χ4v) is 5.17. The minimum atomic E-state index is -0.596. The summed E-state index contributed by atoms with van der Waals surface area (Å²) < 4.78 is 12.7. The summed E-state index contributed by atoms with van der Waals surface area (Å²) in [5, 5.41) is 3.50. The lowest BCUT2D eigenvalue weighted by molar-refractivity contribution is -0.122. The van der Waals surface area contributed by atoms with E-state index in [1.165, 1.54) is 18.1 Å². The van der Waals surface area contributed by atoms with E-state index in [1.807, 2.05) is 19.1 Å². The second-order valence-electron chi connectivity index (χ2n) is 7.91. The number of rotatable bonds is 6. The molecule has 190 valence electrons. The quantitative estimate of drug-likeness (QED) is 0.168. The van der Waals surface area contributed by atoms with Crippen LogP contribution in [0.1, 0.15) is 16.7 Å². The number of carbonyl (C=O) groups is 2. The molecule has 0 spiro atoms. The van der Waals surface area contributed by atoms with Gasteiger partial charge in [0, 0.05) is 4.47 Å². The highest BCUT2D eigenvalue weighted by Crippen LogP contribution is 2.44. The fourth-order valence-electron chi connectivity index (χ4n) is 3.63. The van der Waals surface area contributed by atoms with E-state index in [0.29, 0.717) is 41.7 Å². The Labute approximate surface area is 245 Å². The van der Waals surface area contributed by atoms with Crippen LogP contribution in [0.2, 0.25) is 10.0 Å². The number of halogens is 4. The number of thiocarbonyl (C=S) groups is 1. The fraction of sp³-hybridized carbons (Fsp3) is 0.115. The van der Waals surface area contributed by atoms with Crippen LogP contribution in [0.25, 0.3) is 6.08 Å². The predicted octanol–water partition coefficient (Wildman–Crippen LogP) is 7.25. The van der Waals surface area contributed by atoms with Crippen molar-refractivity contribution in [3.63, 3.8) is 0 Å². The van der Waals surface area contributed by atoms with E-state index in [0.717, 1.165) is 11.1 Å². The van der Waals surface area contributed by atoms with Gasteiger partial charge in [0.2, 0.25) is 0 Å². The maximum Gasteiger partial charge on any atom is 0.270 e. The molecule has 1 aliphatic rings. The number of anilines is 1. The molecule has 3 aromatic carbocycles. The van der Waals surface area contributed by atoms with Gasteiger partial charge >= 0.3 is 0 Å². The largest absolute Gasteiger partial charge is 0.493 e. The molecule has 0 unspecified atom stereocenters. The van der Waals surface area contributed by atoms with Crippen molar-refractivity contribution < 1.29 is 19.1 Å². The van der Waals surface area contributed by atoms with Gasteiger partial charge in [-0.3, -0.25) is 19.8 Å². The van der Waals surface area contributed by atoms with Gasteiger partial charge in [-0.2, -0.15) is 0 Å². The summed E-state index contributed by atoms with van der Waals surface area (Å²) in [6, 6.07) is 14.2. The SMILES string of the molecule is COc1cc(/C=C2\C(=O)NC(=S)N(c3ccccc3C)C2=O)c(Br)c(Br)c1OCc1ccc(Cl)c(Cl)c1. The molecule has 1 fully saturated rings. The summed E-state index contributed by atoms with van der Waals surface area (Å²) in [4.78, 5) is 27.5. The number of benzene rings is 3. The number of nitrogens with zero attached hydrogens (tertiary/aromatic N) is 1. The van der Waals surface area contributed by atoms with Crippen LogP contribution in [-0.4, -0.2) is 24.0 Å². The molecule has 0 aromatic heterocycles. The van der Waals surface area contributed by atoms with E-state index >= 15 is 0 Å². The van der Waals surface area contributed by atoms with E-state index in [-0.39, 0.29) is 17.3 Å². The normalized spacial score (nSPS) is 14.7. The van der Waals surface area contributed by atoms with E-state index in [9.17, 15) is 9.59 Å². The molecule has 37 heavy (non-hydrogen) atoms. The summed E-state index contributed by atoms with van der Waals surface area (Å²) in [6.07, 6.45) is 1.48. The van der Waals surface area contributed by atoms with Crippen LogP contribution in [0.3, 0.4) is 0 Å². The first kappa shape index (κ1) is 27.6. The van der Waals surface area contributed by atoms with Gasteiger partial charge in [-0.15, -0.1) is 0 Å². The lowest BCUT2D eigenvalue weighted by Gasteiger charge is -2.30. The Balaban J connectivity index is 1.70. The summed E-state index contributed by atoms with van der Waals surface area (Å²) in [6.45, 7) is 2.06. The van der Waals surface area contributed by atoms with Gasteiger partial charge in [0.1, 0.15) is 12.2 Å². The lowest BCUT2D eigenvalue weighted by Crippen LogP contribution is -2.54. The number of nitrogens with one attached hydrogen (secondary N) is 1. The summed E-state index contributed by atoms with van der Waals surface area (Å²) in [7, 11) is 1.50. The third kappa shape index (κ3) is 5.71. The predicted molar refractivity (Wildman–Crippen MR) is 157 cm³/mol. The monoisotopic (exact) mass is 682 g/mol. The van der Waals surface area contributed by atoms with Gasteiger partial charge < -0.3 is 9.47 Å². The van der Waals surface area contributed by atoms with Crippen LogP contribution in [0.15, 0.2) is 63.0 Å². The highest BCUT2D eigenvalue weighted by atomic mass is 79.9. The minimum Gasteiger partial charge on any atom is -0.493 e. The van der Waals surface area contributed by atoms with E-state index < -0.39 is 11.8 Å². The molecule has 0 saturated carbocycles. The molecule has 11 heteroatoms. The molecule has 0 radical (unpaired) electrons. The van der Waals surface area contributed by atoms with Crippen LogP contribution in [0.5, 0.6) is 11.5 Å².